The first-order valence-corrected chi connectivity index (χ1v) is 7.66. The predicted molar refractivity (Wildman–Crippen MR) is 85.0 cm³/mol. The Morgan fingerprint density at radius 2 is 2.32 bits per heavy atom. The van der Waals surface area contributed by atoms with Gasteiger partial charge in [0.1, 0.15) is 6.10 Å². The van der Waals surface area contributed by atoms with Gasteiger partial charge in [-0.05, 0) is 43.2 Å². The Bertz CT molecular complexity index is 745. The van der Waals surface area contributed by atoms with Crippen molar-refractivity contribution in [3.63, 3.8) is 0 Å². The molecular weight excluding hydrogens is 280 g/mol. The fourth-order valence-electron chi connectivity index (χ4n) is 2.83. The first-order valence-electron chi connectivity index (χ1n) is 7.66. The highest BCUT2D eigenvalue weighted by molar-refractivity contribution is 5.82. The van der Waals surface area contributed by atoms with Crippen LogP contribution >= 0.6 is 0 Å². The minimum atomic E-state index is -0.322. The number of aromatic amines is 1. The number of aryl methyl sites for hydroxylation is 1. The maximum Gasteiger partial charge on any atom is 0.251 e. The number of rotatable bonds is 4. The van der Waals surface area contributed by atoms with E-state index in [9.17, 15) is 9.59 Å². The van der Waals surface area contributed by atoms with E-state index >= 15 is 0 Å². The highest BCUT2D eigenvalue weighted by Crippen LogP contribution is 2.15. The van der Waals surface area contributed by atoms with E-state index in [2.05, 4.69) is 10.3 Å². The number of aromatic nitrogens is 1. The van der Waals surface area contributed by atoms with Gasteiger partial charge in [-0.1, -0.05) is 18.2 Å². The number of ether oxygens (including phenoxy) is 1. The van der Waals surface area contributed by atoms with Crippen molar-refractivity contribution >= 4 is 16.8 Å². The van der Waals surface area contributed by atoms with Crippen LogP contribution in [0.15, 0.2) is 29.1 Å². The Labute approximate surface area is 128 Å². The molecule has 22 heavy (non-hydrogen) atoms. The van der Waals surface area contributed by atoms with Crippen LogP contribution in [0.1, 0.15) is 24.0 Å². The van der Waals surface area contributed by atoms with E-state index in [1.807, 2.05) is 31.2 Å². The van der Waals surface area contributed by atoms with Crippen LogP contribution in [0.2, 0.25) is 0 Å². The predicted octanol–water partition coefficient (Wildman–Crippen LogP) is 1.67. The molecule has 5 nitrogen and oxygen atoms in total. The molecule has 0 radical (unpaired) electrons. The zero-order valence-electron chi connectivity index (χ0n) is 12.6. The van der Waals surface area contributed by atoms with Gasteiger partial charge in [0.2, 0.25) is 5.91 Å². The number of hydrogen-bond acceptors (Lipinski definition) is 3. The van der Waals surface area contributed by atoms with E-state index < -0.39 is 0 Å². The normalized spacial score (nSPS) is 17.8. The molecule has 1 saturated heterocycles. The quantitative estimate of drug-likeness (QED) is 0.902. The van der Waals surface area contributed by atoms with Gasteiger partial charge in [-0.15, -0.1) is 0 Å². The summed E-state index contributed by atoms with van der Waals surface area (Å²) in [5.41, 5.74) is 2.52. The van der Waals surface area contributed by atoms with Gasteiger partial charge in [0.15, 0.2) is 0 Å². The number of para-hydroxylation sites is 1. The smallest absolute Gasteiger partial charge is 0.251 e. The average Bonchev–Trinajstić information content (AvgIpc) is 3.03. The van der Waals surface area contributed by atoms with Gasteiger partial charge in [-0.25, -0.2) is 0 Å². The van der Waals surface area contributed by atoms with E-state index in [0.29, 0.717) is 25.1 Å². The van der Waals surface area contributed by atoms with E-state index in [-0.39, 0.29) is 17.6 Å². The van der Waals surface area contributed by atoms with Gasteiger partial charge >= 0.3 is 0 Å². The molecule has 0 bridgehead atoms. The fraction of sp³-hybridized carbons (Fsp3) is 0.412. The molecule has 1 aliphatic rings. The summed E-state index contributed by atoms with van der Waals surface area (Å²) in [6.45, 7) is 3.07. The van der Waals surface area contributed by atoms with Crippen molar-refractivity contribution in [3.05, 3.63) is 45.7 Å². The lowest BCUT2D eigenvalue weighted by atomic mass is 10.1. The first kappa shape index (κ1) is 14.8. The lowest BCUT2D eigenvalue weighted by molar-refractivity contribution is -0.129. The third-order valence-corrected chi connectivity index (χ3v) is 4.08. The summed E-state index contributed by atoms with van der Waals surface area (Å²) in [6, 6.07) is 7.82. The van der Waals surface area contributed by atoms with Gasteiger partial charge < -0.3 is 15.0 Å². The summed E-state index contributed by atoms with van der Waals surface area (Å²) < 4.78 is 5.33. The van der Waals surface area contributed by atoms with Crippen LogP contribution in [0.25, 0.3) is 10.9 Å². The number of amides is 1. The SMILES string of the molecule is Cc1cccc2cc(CCNC(=O)C3CCCO3)c(=O)[nH]c12. The molecule has 1 atom stereocenters. The molecule has 1 amide bonds. The maximum absolute atomic E-state index is 12.1. The number of benzene rings is 1. The lowest BCUT2D eigenvalue weighted by Gasteiger charge is -2.10. The van der Waals surface area contributed by atoms with Gasteiger partial charge in [0.25, 0.3) is 5.56 Å². The Morgan fingerprint density at radius 3 is 3.09 bits per heavy atom. The molecule has 1 fully saturated rings. The number of carbonyl (C=O) groups is 1. The van der Waals surface area contributed by atoms with Crippen molar-refractivity contribution in [2.24, 2.45) is 0 Å². The lowest BCUT2D eigenvalue weighted by Crippen LogP contribution is -2.35. The Balaban J connectivity index is 1.67. The summed E-state index contributed by atoms with van der Waals surface area (Å²) in [6.07, 6.45) is 1.90. The van der Waals surface area contributed by atoms with Gasteiger partial charge in [0, 0.05) is 18.7 Å². The Morgan fingerprint density at radius 1 is 1.45 bits per heavy atom. The molecule has 116 valence electrons. The molecule has 2 heterocycles. The van der Waals surface area contributed by atoms with Crippen LogP contribution in [-0.2, 0) is 16.0 Å². The third-order valence-electron chi connectivity index (χ3n) is 4.08. The van der Waals surface area contributed by atoms with Gasteiger partial charge in [-0.3, -0.25) is 9.59 Å². The van der Waals surface area contributed by atoms with Crippen molar-refractivity contribution in [3.8, 4) is 0 Å². The molecule has 0 aliphatic carbocycles. The van der Waals surface area contributed by atoms with Crippen LogP contribution in [0, 0.1) is 6.92 Å². The fourth-order valence-corrected chi connectivity index (χ4v) is 2.83. The molecule has 1 aromatic carbocycles. The number of nitrogens with one attached hydrogen (secondary N) is 2. The molecule has 1 unspecified atom stereocenters. The first-order chi connectivity index (χ1) is 10.6. The molecule has 2 aromatic rings. The zero-order chi connectivity index (χ0) is 15.5. The van der Waals surface area contributed by atoms with Crippen molar-refractivity contribution in [2.45, 2.75) is 32.3 Å². The minimum Gasteiger partial charge on any atom is -0.368 e. The van der Waals surface area contributed by atoms with Crippen molar-refractivity contribution < 1.29 is 9.53 Å². The molecule has 2 N–H and O–H groups in total. The largest absolute Gasteiger partial charge is 0.368 e. The average molecular weight is 300 g/mol. The second-order valence-electron chi connectivity index (χ2n) is 5.71. The summed E-state index contributed by atoms with van der Waals surface area (Å²) in [5.74, 6) is -0.0782. The zero-order valence-corrected chi connectivity index (χ0v) is 12.6. The van der Waals surface area contributed by atoms with E-state index in [0.717, 1.165) is 29.3 Å². The van der Waals surface area contributed by atoms with E-state index in [1.54, 1.807) is 0 Å². The number of carbonyl (C=O) groups excluding carboxylic acids is 1. The molecule has 0 saturated carbocycles. The van der Waals surface area contributed by atoms with Gasteiger partial charge in [0.05, 0.1) is 5.52 Å². The summed E-state index contributed by atoms with van der Waals surface area (Å²) in [5, 5.41) is 3.86. The highest BCUT2D eigenvalue weighted by atomic mass is 16.5. The van der Waals surface area contributed by atoms with Crippen LogP contribution in [0.5, 0.6) is 0 Å². The van der Waals surface area contributed by atoms with E-state index in [1.165, 1.54) is 0 Å². The topological polar surface area (TPSA) is 71.2 Å². The summed E-state index contributed by atoms with van der Waals surface area (Å²) >= 11 is 0. The van der Waals surface area contributed by atoms with Crippen LogP contribution in [0.4, 0.5) is 0 Å². The second kappa shape index (κ2) is 6.32. The molecule has 1 aromatic heterocycles. The summed E-state index contributed by atoms with van der Waals surface area (Å²) in [7, 11) is 0. The number of pyridine rings is 1. The van der Waals surface area contributed by atoms with Gasteiger partial charge in [-0.2, -0.15) is 0 Å². The monoisotopic (exact) mass is 300 g/mol. The van der Waals surface area contributed by atoms with Crippen LogP contribution in [-0.4, -0.2) is 30.1 Å². The van der Waals surface area contributed by atoms with Crippen molar-refractivity contribution in [1.29, 1.82) is 0 Å². The molecular formula is C17H20N2O3. The van der Waals surface area contributed by atoms with Crippen LogP contribution in [0.3, 0.4) is 0 Å². The van der Waals surface area contributed by atoms with E-state index in [4.69, 9.17) is 4.74 Å². The molecule has 3 rings (SSSR count). The molecule has 1 aliphatic heterocycles. The Kier molecular flexibility index (Phi) is 4.24. The third kappa shape index (κ3) is 3.04. The Hall–Kier alpha value is -2.14. The number of hydrogen-bond donors (Lipinski definition) is 2. The highest BCUT2D eigenvalue weighted by Gasteiger charge is 2.22. The minimum absolute atomic E-state index is 0.0782. The second-order valence-corrected chi connectivity index (χ2v) is 5.71. The molecule has 0 spiro atoms. The van der Waals surface area contributed by atoms with Crippen molar-refractivity contribution in [2.75, 3.05) is 13.2 Å². The standard InChI is InChI=1S/C17H20N2O3/c1-11-4-2-5-12-10-13(16(20)19-15(11)12)7-8-18-17(21)14-6-3-9-22-14/h2,4-5,10,14H,3,6-9H2,1H3,(H,18,21)(H,19,20). The summed E-state index contributed by atoms with van der Waals surface area (Å²) in [4.78, 5) is 26.9. The molecule has 5 heteroatoms. The maximum atomic E-state index is 12.1. The van der Waals surface area contributed by atoms with Crippen LogP contribution < -0.4 is 10.9 Å². The van der Waals surface area contributed by atoms with Crippen molar-refractivity contribution in [1.82, 2.24) is 10.3 Å². The number of fused-ring (bicyclic) bond motifs is 1. The number of H-pyrrole nitrogens is 1.